The minimum atomic E-state index is -3.89. The van der Waals surface area contributed by atoms with Gasteiger partial charge in [-0.15, -0.1) is 0 Å². The molecule has 0 aliphatic heterocycles. The Kier molecular flexibility index (Phi) is 4.05. The van der Waals surface area contributed by atoms with Crippen LogP contribution in [0.15, 0.2) is 58.3 Å². The van der Waals surface area contributed by atoms with E-state index in [1.165, 1.54) is 42.5 Å². The number of nitrogens with one attached hydrogen (secondary N) is 1. The summed E-state index contributed by atoms with van der Waals surface area (Å²) < 4.78 is 24.7. The van der Waals surface area contributed by atoms with Gasteiger partial charge in [0.15, 0.2) is 5.69 Å². The molecule has 21 heavy (non-hydrogen) atoms. The lowest BCUT2D eigenvalue weighted by Crippen LogP contribution is -2.99. The Labute approximate surface area is 120 Å². The molecule has 2 rings (SSSR count). The van der Waals surface area contributed by atoms with E-state index in [0.29, 0.717) is 0 Å². The second-order valence-corrected chi connectivity index (χ2v) is 6.12. The van der Waals surface area contributed by atoms with Crippen LogP contribution in [-0.4, -0.2) is 24.7 Å². The fourth-order valence-electron chi connectivity index (χ4n) is 1.71. The minimum absolute atomic E-state index is 0.0340. The third-order valence-electron chi connectivity index (χ3n) is 2.80. The van der Waals surface area contributed by atoms with Gasteiger partial charge in [-0.1, -0.05) is 6.07 Å². The Bertz CT molecular complexity index is 768. The van der Waals surface area contributed by atoms with Crippen LogP contribution in [0.2, 0.25) is 0 Å². The van der Waals surface area contributed by atoms with Crippen LogP contribution in [0.3, 0.4) is 0 Å². The summed E-state index contributed by atoms with van der Waals surface area (Å²) in [5.41, 5.74) is -0.175. The summed E-state index contributed by atoms with van der Waals surface area (Å²) in [6.45, 7) is 0. The summed E-state index contributed by atoms with van der Waals surface area (Å²) in [6.07, 6.45) is 0. The van der Waals surface area contributed by atoms with E-state index in [1.54, 1.807) is 0 Å². The molecule has 0 aliphatic carbocycles. The van der Waals surface area contributed by atoms with E-state index in [-0.39, 0.29) is 21.0 Å². The zero-order valence-electron chi connectivity index (χ0n) is 10.6. The van der Waals surface area contributed by atoms with Crippen molar-refractivity contribution in [1.29, 1.82) is 0 Å². The average Bonchev–Trinajstić information content (AvgIpc) is 2.47. The van der Waals surface area contributed by atoms with Gasteiger partial charge < -0.3 is 10.3 Å². The van der Waals surface area contributed by atoms with E-state index in [1.807, 2.05) is 0 Å². The Hall–Kier alpha value is -2.26. The minimum Gasteiger partial charge on any atom is -0.595 e. The Balaban J connectivity index is 2.46. The van der Waals surface area contributed by atoms with Gasteiger partial charge in [0.05, 0.1) is 15.4 Å². The van der Waals surface area contributed by atoms with Crippen molar-refractivity contribution in [2.75, 3.05) is 0 Å². The van der Waals surface area contributed by atoms with Gasteiger partial charge in [0.25, 0.3) is 0 Å². The van der Waals surface area contributed by atoms with Crippen molar-refractivity contribution in [1.82, 2.24) is 0 Å². The van der Waals surface area contributed by atoms with E-state index >= 15 is 0 Å². The van der Waals surface area contributed by atoms with Crippen molar-refractivity contribution in [2.24, 2.45) is 0 Å². The van der Waals surface area contributed by atoms with Gasteiger partial charge in [-0.25, -0.2) is 18.4 Å². The van der Waals surface area contributed by atoms with Crippen LogP contribution in [0.4, 0.5) is 5.69 Å². The molecule has 2 aromatic carbocycles. The normalized spacial score (nSPS) is 12.9. The van der Waals surface area contributed by atoms with Gasteiger partial charge in [-0.2, -0.15) is 5.23 Å². The van der Waals surface area contributed by atoms with Crippen LogP contribution < -0.4 is 5.23 Å². The molecule has 0 fully saturated rings. The van der Waals surface area contributed by atoms with Gasteiger partial charge in [-0.3, -0.25) is 0 Å². The standard InChI is InChI=1S/C13H11NO6S/c15-13(16)9-4-6-11(7-5-9)21(19,20)12-3-1-2-10(8-12)14(17)18/h1-8,14,17H,(H,15,16). The number of hydrogen-bond donors (Lipinski definition) is 3. The fourth-order valence-corrected chi connectivity index (χ4v) is 3.02. The van der Waals surface area contributed by atoms with E-state index in [0.717, 1.165) is 6.07 Å². The molecule has 0 radical (unpaired) electrons. The SMILES string of the molecule is O=C(O)c1ccc(S(=O)(=O)c2cccc([NH+]([O-])O)c2)cc1. The zero-order valence-corrected chi connectivity index (χ0v) is 11.4. The molecule has 3 N–H and O–H groups in total. The molecule has 0 amide bonds. The van der Waals surface area contributed by atoms with Gasteiger partial charge >= 0.3 is 5.97 Å². The van der Waals surface area contributed by atoms with E-state index in [4.69, 9.17) is 10.3 Å². The summed E-state index contributed by atoms with van der Waals surface area (Å²) in [6, 6.07) is 9.66. The summed E-state index contributed by atoms with van der Waals surface area (Å²) in [5.74, 6) is -1.16. The van der Waals surface area contributed by atoms with E-state index in [2.05, 4.69) is 0 Å². The Morgan fingerprint density at radius 2 is 1.67 bits per heavy atom. The maximum Gasteiger partial charge on any atom is 0.335 e. The summed E-state index contributed by atoms with van der Waals surface area (Å²) in [7, 11) is -3.89. The largest absolute Gasteiger partial charge is 0.595 e. The van der Waals surface area contributed by atoms with Crippen LogP contribution in [0, 0.1) is 5.21 Å². The predicted octanol–water partition coefficient (Wildman–Crippen LogP) is 0.621. The van der Waals surface area contributed by atoms with Crippen molar-refractivity contribution >= 4 is 21.5 Å². The first-order valence-electron chi connectivity index (χ1n) is 5.74. The van der Waals surface area contributed by atoms with E-state index in [9.17, 15) is 18.4 Å². The highest BCUT2D eigenvalue weighted by Gasteiger charge is 2.19. The Morgan fingerprint density at radius 3 is 2.19 bits per heavy atom. The van der Waals surface area contributed by atoms with Crippen molar-refractivity contribution < 1.29 is 28.8 Å². The van der Waals surface area contributed by atoms with Crippen LogP contribution in [0.1, 0.15) is 10.4 Å². The number of hydrogen-bond acceptors (Lipinski definition) is 5. The maximum atomic E-state index is 12.3. The number of quaternary nitrogens is 1. The van der Waals surface area contributed by atoms with Crippen molar-refractivity contribution in [3.8, 4) is 0 Å². The lowest BCUT2D eigenvalue weighted by Gasteiger charge is -2.12. The van der Waals surface area contributed by atoms with Crippen molar-refractivity contribution in [2.45, 2.75) is 9.79 Å². The van der Waals surface area contributed by atoms with Gasteiger partial charge in [0.2, 0.25) is 9.84 Å². The third-order valence-corrected chi connectivity index (χ3v) is 4.57. The second kappa shape index (κ2) is 5.62. The maximum absolute atomic E-state index is 12.3. The lowest BCUT2D eigenvalue weighted by molar-refractivity contribution is -0.991. The molecule has 0 spiro atoms. The number of benzene rings is 2. The molecular weight excluding hydrogens is 298 g/mol. The van der Waals surface area contributed by atoms with Gasteiger partial charge in [0.1, 0.15) is 0 Å². The zero-order chi connectivity index (χ0) is 15.6. The Morgan fingerprint density at radius 1 is 1.05 bits per heavy atom. The predicted molar refractivity (Wildman–Crippen MR) is 71.1 cm³/mol. The number of rotatable bonds is 4. The number of carbonyl (C=O) groups is 1. The van der Waals surface area contributed by atoms with Crippen LogP contribution in [0.25, 0.3) is 0 Å². The smallest absolute Gasteiger partial charge is 0.335 e. The van der Waals surface area contributed by atoms with Crippen molar-refractivity contribution in [3.05, 3.63) is 59.3 Å². The molecule has 0 saturated heterocycles. The number of carboxylic acids is 1. The van der Waals surface area contributed by atoms with Crippen molar-refractivity contribution in [3.63, 3.8) is 0 Å². The molecular formula is C13H11NO6S. The average molecular weight is 309 g/mol. The molecule has 0 heterocycles. The molecule has 1 atom stereocenters. The topological polar surface area (TPSA) is 119 Å². The van der Waals surface area contributed by atoms with Crippen LogP contribution in [-0.2, 0) is 9.84 Å². The molecule has 0 aliphatic rings. The summed E-state index contributed by atoms with van der Waals surface area (Å²) in [4.78, 5) is 10.5. The highest BCUT2D eigenvalue weighted by Crippen LogP contribution is 2.22. The molecule has 1 unspecified atom stereocenters. The molecule has 0 bridgehead atoms. The fraction of sp³-hybridized carbons (Fsp3) is 0. The first-order chi connectivity index (χ1) is 9.82. The number of aromatic carboxylic acids is 1. The quantitative estimate of drug-likeness (QED) is 0.712. The van der Waals surface area contributed by atoms with Crippen LogP contribution >= 0.6 is 0 Å². The molecule has 0 saturated carbocycles. The molecule has 110 valence electrons. The highest BCUT2D eigenvalue weighted by atomic mass is 32.2. The van der Waals surface area contributed by atoms with Crippen LogP contribution in [0.5, 0.6) is 0 Å². The molecule has 8 heteroatoms. The molecule has 0 aromatic heterocycles. The third kappa shape index (κ3) is 3.09. The van der Waals surface area contributed by atoms with Gasteiger partial charge in [0, 0.05) is 12.1 Å². The lowest BCUT2D eigenvalue weighted by atomic mass is 10.2. The second-order valence-electron chi connectivity index (χ2n) is 4.17. The number of sulfone groups is 1. The first-order valence-corrected chi connectivity index (χ1v) is 7.22. The van der Waals surface area contributed by atoms with E-state index < -0.39 is 21.0 Å². The highest BCUT2D eigenvalue weighted by molar-refractivity contribution is 7.91. The van der Waals surface area contributed by atoms with Gasteiger partial charge in [-0.05, 0) is 30.3 Å². The summed E-state index contributed by atoms with van der Waals surface area (Å²) in [5, 5.41) is 27.3. The monoisotopic (exact) mass is 309 g/mol. The molecule has 7 nitrogen and oxygen atoms in total. The summed E-state index contributed by atoms with van der Waals surface area (Å²) >= 11 is 0. The number of carboxylic acid groups (broad SMARTS) is 1. The molecule has 2 aromatic rings. The first kappa shape index (κ1) is 15.1.